The largest absolute Gasteiger partial charge is 0.394 e. The van der Waals surface area contributed by atoms with Crippen LogP contribution >= 0.6 is 0 Å². The minimum Gasteiger partial charge on any atom is -0.394 e. The molecule has 0 spiro atoms. The van der Waals surface area contributed by atoms with Gasteiger partial charge in [-0.05, 0) is 24.6 Å². The monoisotopic (exact) mass is 277 g/mol. The summed E-state index contributed by atoms with van der Waals surface area (Å²) < 4.78 is 43.6. The molecule has 1 aromatic carbocycles. The van der Waals surface area contributed by atoms with Gasteiger partial charge in [-0.2, -0.15) is 0 Å². The Balaban J connectivity index is 2.41. The predicted octanol–water partition coefficient (Wildman–Crippen LogP) is 0.503. The molecule has 102 valence electrons. The van der Waals surface area contributed by atoms with Crippen LogP contribution in [-0.4, -0.2) is 39.9 Å². The molecular weight excluding hydrogens is 261 g/mol. The third kappa shape index (κ3) is 5.09. The fourth-order valence-corrected chi connectivity index (χ4v) is 2.37. The minimum atomic E-state index is -3.67. The summed E-state index contributed by atoms with van der Waals surface area (Å²) in [6.07, 6.45) is 0.481. The van der Waals surface area contributed by atoms with Crippen molar-refractivity contribution in [1.29, 1.82) is 0 Å². The minimum absolute atomic E-state index is 0.0605. The normalized spacial score (nSPS) is 11.7. The van der Waals surface area contributed by atoms with Gasteiger partial charge < -0.3 is 9.84 Å². The molecule has 7 heteroatoms. The molecule has 0 aliphatic heterocycles. The molecule has 0 radical (unpaired) electrons. The summed E-state index contributed by atoms with van der Waals surface area (Å²) in [5, 5.41) is 8.45. The second-order valence-electron chi connectivity index (χ2n) is 3.54. The molecule has 1 rings (SSSR count). The maximum atomic E-state index is 12.9. The van der Waals surface area contributed by atoms with Crippen molar-refractivity contribution in [2.24, 2.45) is 0 Å². The molecule has 0 atom stereocenters. The summed E-state index contributed by atoms with van der Waals surface area (Å²) in [7, 11) is -3.67. The number of hydrogen-bond donors (Lipinski definition) is 2. The van der Waals surface area contributed by atoms with Crippen molar-refractivity contribution in [3.63, 3.8) is 0 Å². The summed E-state index contributed by atoms with van der Waals surface area (Å²) >= 11 is 0. The number of sulfonamides is 1. The Bertz CT molecular complexity index is 464. The molecule has 0 amide bonds. The average Bonchev–Trinajstić information content (AvgIpc) is 2.33. The lowest BCUT2D eigenvalue weighted by atomic mass is 10.4. The maximum absolute atomic E-state index is 12.9. The van der Waals surface area contributed by atoms with Gasteiger partial charge in [0.2, 0.25) is 10.0 Å². The summed E-state index contributed by atoms with van der Waals surface area (Å²) in [4.78, 5) is -0.0984. The zero-order valence-corrected chi connectivity index (χ0v) is 10.6. The topological polar surface area (TPSA) is 75.6 Å². The zero-order valence-electron chi connectivity index (χ0n) is 9.80. The molecule has 0 heterocycles. The second kappa shape index (κ2) is 7.42. The number of benzene rings is 1. The third-order valence-electron chi connectivity index (χ3n) is 2.10. The Morgan fingerprint density at radius 1 is 1.33 bits per heavy atom. The van der Waals surface area contributed by atoms with Gasteiger partial charge in [0.15, 0.2) is 0 Å². The van der Waals surface area contributed by atoms with Gasteiger partial charge in [0, 0.05) is 13.2 Å². The van der Waals surface area contributed by atoms with Crippen molar-refractivity contribution >= 4 is 10.0 Å². The van der Waals surface area contributed by atoms with Crippen LogP contribution in [-0.2, 0) is 14.8 Å². The second-order valence-corrected chi connectivity index (χ2v) is 5.31. The Labute approximate surface area is 106 Å². The number of halogens is 1. The van der Waals surface area contributed by atoms with Gasteiger partial charge in [-0.25, -0.2) is 17.5 Å². The van der Waals surface area contributed by atoms with E-state index in [0.717, 1.165) is 6.07 Å². The van der Waals surface area contributed by atoms with Crippen LogP contribution in [0.1, 0.15) is 6.42 Å². The van der Waals surface area contributed by atoms with Crippen LogP contribution in [0.2, 0.25) is 0 Å². The van der Waals surface area contributed by atoms with Crippen LogP contribution in [0.25, 0.3) is 0 Å². The van der Waals surface area contributed by atoms with E-state index >= 15 is 0 Å². The van der Waals surface area contributed by atoms with E-state index in [1.807, 2.05) is 0 Å². The van der Waals surface area contributed by atoms with E-state index in [9.17, 15) is 12.8 Å². The first-order chi connectivity index (χ1) is 8.56. The summed E-state index contributed by atoms with van der Waals surface area (Å²) in [5.74, 6) is -0.593. The van der Waals surface area contributed by atoms with E-state index in [-0.39, 0.29) is 24.7 Å². The van der Waals surface area contributed by atoms with Crippen LogP contribution in [0, 0.1) is 5.82 Å². The van der Waals surface area contributed by atoms with Gasteiger partial charge >= 0.3 is 0 Å². The highest BCUT2D eigenvalue weighted by molar-refractivity contribution is 7.89. The first-order valence-corrected chi connectivity index (χ1v) is 6.98. The first kappa shape index (κ1) is 15.0. The Kier molecular flexibility index (Phi) is 6.20. The van der Waals surface area contributed by atoms with Gasteiger partial charge in [-0.15, -0.1) is 0 Å². The van der Waals surface area contributed by atoms with E-state index in [2.05, 4.69) is 4.72 Å². The van der Waals surface area contributed by atoms with Crippen molar-refractivity contribution in [1.82, 2.24) is 4.72 Å². The quantitative estimate of drug-likeness (QED) is 0.679. The number of hydrogen-bond acceptors (Lipinski definition) is 4. The zero-order chi connectivity index (χ0) is 13.4. The number of aliphatic hydroxyl groups excluding tert-OH is 1. The molecule has 0 unspecified atom stereocenters. The lowest BCUT2D eigenvalue weighted by Gasteiger charge is -2.07. The van der Waals surface area contributed by atoms with Crippen molar-refractivity contribution in [2.45, 2.75) is 11.3 Å². The van der Waals surface area contributed by atoms with E-state index in [1.54, 1.807) is 0 Å². The lowest BCUT2D eigenvalue weighted by Crippen LogP contribution is -2.25. The molecule has 0 fully saturated rings. The van der Waals surface area contributed by atoms with E-state index in [0.29, 0.717) is 13.0 Å². The van der Waals surface area contributed by atoms with Crippen molar-refractivity contribution < 1.29 is 22.7 Å². The number of rotatable bonds is 8. The van der Waals surface area contributed by atoms with Gasteiger partial charge in [0.05, 0.1) is 18.1 Å². The Hall–Kier alpha value is -1.02. The first-order valence-electron chi connectivity index (χ1n) is 5.50. The molecule has 0 bridgehead atoms. The smallest absolute Gasteiger partial charge is 0.240 e. The standard InChI is InChI=1S/C11H16FNO4S/c12-10-3-1-4-11(9-10)18(15,16)13-5-2-7-17-8-6-14/h1,3-4,9,13-14H,2,5-8H2. The molecule has 0 saturated carbocycles. The molecule has 0 saturated heterocycles. The summed E-state index contributed by atoms with van der Waals surface area (Å²) in [6, 6.07) is 4.81. The highest BCUT2D eigenvalue weighted by Crippen LogP contribution is 2.09. The number of nitrogens with one attached hydrogen (secondary N) is 1. The lowest BCUT2D eigenvalue weighted by molar-refractivity contribution is 0.0913. The van der Waals surface area contributed by atoms with Crippen LogP contribution in [0.5, 0.6) is 0 Å². The SMILES string of the molecule is O=S(=O)(NCCCOCCO)c1cccc(F)c1. The van der Waals surface area contributed by atoms with Gasteiger partial charge in [-0.1, -0.05) is 6.07 Å². The molecule has 1 aromatic rings. The molecular formula is C11H16FNO4S. The van der Waals surface area contributed by atoms with Crippen molar-refractivity contribution in [3.8, 4) is 0 Å². The van der Waals surface area contributed by atoms with Crippen molar-refractivity contribution in [3.05, 3.63) is 30.1 Å². The Morgan fingerprint density at radius 3 is 2.78 bits per heavy atom. The van der Waals surface area contributed by atoms with E-state index in [4.69, 9.17) is 9.84 Å². The molecule has 5 nitrogen and oxygen atoms in total. The molecule has 0 aromatic heterocycles. The van der Waals surface area contributed by atoms with E-state index < -0.39 is 15.8 Å². The molecule has 2 N–H and O–H groups in total. The van der Waals surface area contributed by atoms with Crippen LogP contribution in [0.15, 0.2) is 29.2 Å². The fourth-order valence-electron chi connectivity index (χ4n) is 1.26. The van der Waals surface area contributed by atoms with Crippen molar-refractivity contribution in [2.75, 3.05) is 26.4 Å². The molecule has 0 aliphatic carbocycles. The van der Waals surface area contributed by atoms with Gasteiger partial charge in [0.25, 0.3) is 0 Å². The molecule has 18 heavy (non-hydrogen) atoms. The highest BCUT2D eigenvalue weighted by Gasteiger charge is 2.13. The third-order valence-corrected chi connectivity index (χ3v) is 3.56. The fraction of sp³-hybridized carbons (Fsp3) is 0.455. The average molecular weight is 277 g/mol. The van der Waals surface area contributed by atoms with Crippen LogP contribution in [0.3, 0.4) is 0 Å². The number of ether oxygens (including phenoxy) is 1. The Morgan fingerprint density at radius 2 is 2.11 bits per heavy atom. The summed E-state index contributed by atoms with van der Waals surface area (Å²) in [5.41, 5.74) is 0. The highest BCUT2D eigenvalue weighted by atomic mass is 32.2. The predicted molar refractivity (Wildman–Crippen MR) is 64.1 cm³/mol. The number of aliphatic hydroxyl groups is 1. The molecule has 0 aliphatic rings. The summed E-state index contributed by atoms with van der Waals surface area (Å²) in [6.45, 7) is 0.724. The van der Waals surface area contributed by atoms with E-state index in [1.165, 1.54) is 18.2 Å². The van der Waals surface area contributed by atoms with Crippen LogP contribution in [0.4, 0.5) is 4.39 Å². The van der Waals surface area contributed by atoms with Crippen LogP contribution < -0.4 is 4.72 Å². The van der Waals surface area contributed by atoms with Gasteiger partial charge in [-0.3, -0.25) is 0 Å². The maximum Gasteiger partial charge on any atom is 0.240 e. The van der Waals surface area contributed by atoms with Gasteiger partial charge in [0.1, 0.15) is 5.82 Å².